The minimum Gasteiger partial charge on any atom is -0.355 e. The molecule has 0 spiro atoms. The highest BCUT2D eigenvalue weighted by molar-refractivity contribution is 6.31. The first-order chi connectivity index (χ1) is 10.4. The minimum absolute atomic E-state index is 0. The van der Waals surface area contributed by atoms with E-state index in [0.717, 1.165) is 17.5 Å². The van der Waals surface area contributed by atoms with Gasteiger partial charge in [0, 0.05) is 28.0 Å². The molecule has 120 valence electrons. The number of halogens is 5. The van der Waals surface area contributed by atoms with E-state index in [1.54, 1.807) is 36.5 Å². The van der Waals surface area contributed by atoms with Crippen LogP contribution in [0.3, 0.4) is 0 Å². The van der Waals surface area contributed by atoms with Crippen molar-refractivity contribution in [3.8, 4) is 0 Å². The van der Waals surface area contributed by atoms with Gasteiger partial charge in [-0.3, -0.25) is 4.98 Å². The van der Waals surface area contributed by atoms with Gasteiger partial charge in [0.25, 0.3) is 0 Å². The Morgan fingerprint density at radius 3 is 2.52 bits per heavy atom. The van der Waals surface area contributed by atoms with Crippen molar-refractivity contribution >= 4 is 46.3 Å². The molecule has 1 heterocycles. The summed E-state index contributed by atoms with van der Waals surface area (Å²) in [6.45, 7) is 0. The first kappa shape index (κ1) is 17.4. The van der Waals surface area contributed by atoms with Gasteiger partial charge in [0.1, 0.15) is 0 Å². The zero-order valence-corrected chi connectivity index (χ0v) is 13.1. The van der Waals surface area contributed by atoms with Crippen LogP contribution in [0.2, 0.25) is 5.02 Å². The highest BCUT2D eigenvalue weighted by Crippen LogP contribution is 2.32. The smallest absolute Gasteiger partial charge is 0.355 e. The highest BCUT2D eigenvalue weighted by atomic mass is 35.5. The van der Waals surface area contributed by atoms with Crippen molar-refractivity contribution in [2.45, 2.75) is 6.18 Å². The van der Waals surface area contributed by atoms with Crippen LogP contribution in [0.15, 0.2) is 54.7 Å². The van der Waals surface area contributed by atoms with Gasteiger partial charge < -0.3 is 5.32 Å². The van der Waals surface area contributed by atoms with E-state index in [9.17, 15) is 13.2 Å². The molecular weight excluding hydrogens is 348 g/mol. The number of alkyl halides is 3. The Morgan fingerprint density at radius 1 is 1.00 bits per heavy atom. The lowest BCUT2D eigenvalue weighted by atomic mass is 10.1. The van der Waals surface area contributed by atoms with Crippen molar-refractivity contribution in [2.75, 3.05) is 5.32 Å². The lowest BCUT2D eigenvalue weighted by Crippen LogP contribution is -2.05. The molecule has 0 bridgehead atoms. The molecule has 0 aliphatic carbocycles. The normalized spacial score (nSPS) is 11.1. The van der Waals surface area contributed by atoms with Crippen LogP contribution < -0.4 is 5.32 Å². The summed E-state index contributed by atoms with van der Waals surface area (Å²) in [6, 6.07) is 12.0. The van der Waals surface area contributed by atoms with Gasteiger partial charge in [-0.15, -0.1) is 12.4 Å². The number of hydrogen-bond donors (Lipinski definition) is 1. The quantitative estimate of drug-likeness (QED) is 0.601. The van der Waals surface area contributed by atoms with Gasteiger partial charge in [0.15, 0.2) is 0 Å². The summed E-state index contributed by atoms with van der Waals surface area (Å²) in [5.41, 5.74) is 1.00. The SMILES string of the molecule is Cl.FC(F)(F)c1cccc(Nc2ccnc3cc(Cl)ccc23)c1. The van der Waals surface area contributed by atoms with Gasteiger partial charge in [-0.2, -0.15) is 13.2 Å². The molecule has 0 aliphatic heterocycles. The van der Waals surface area contributed by atoms with Crippen molar-refractivity contribution in [2.24, 2.45) is 0 Å². The van der Waals surface area contributed by atoms with E-state index in [-0.39, 0.29) is 12.4 Å². The Morgan fingerprint density at radius 2 is 1.78 bits per heavy atom. The average Bonchev–Trinajstić information content (AvgIpc) is 2.46. The monoisotopic (exact) mass is 358 g/mol. The van der Waals surface area contributed by atoms with Crippen LogP contribution in [0.25, 0.3) is 10.9 Å². The molecule has 0 saturated carbocycles. The fourth-order valence-corrected chi connectivity index (χ4v) is 2.33. The number of nitrogens with one attached hydrogen (secondary N) is 1. The summed E-state index contributed by atoms with van der Waals surface area (Å²) in [5, 5.41) is 4.33. The Balaban J connectivity index is 0.00000192. The summed E-state index contributed by atoms with van der Waals surface area (Å²) >= 11 is 5.92. The van der Waals surface area contributed by atoms with E-state index in [4.69, 9.17) is 11.6 Å². The third kappa shape index (κ3) is 3.86. The van der Waals surface area contributed by atoms with Crippen molar-refractivity contribution in [3.05, 3.63) is 65.3 Å². The van der Waals surface area contributed by atoms with Crippen LogP contribution in [0, 0.1) is 0 Å². The Hall–Kier alpha value is -1.98. The fraction of sp³-hybridized carbons (Fsp3) is 0.0625. The van der Waals surface area contributed by atoms with E-state index in [0.29, 0.717) is 21.9 Å². The molecule has 0 fully saturated rings. The lowest BCUT2D eigenvalue weighted by Gasteiger charge is -2.12. The summed E-state index contributed by atoms with van der Waals surface area (Å²) in [6.07, 6.45) is -2.79. The maximum absolute atomic E-state index is 12.8. The van der Waals surface area contributed by atoms with E-state index in [2.05, 4.69) is 10.3 Å². The number of anilines is 2. The fourth-order valence-electron chi connectivity index (χ4n) is 2.16. The van der Waals surface area contributed by atoms with E-state index < -0.39 is 11.7 Å². The maximum Gasteiger partial charge on any atom is 0.416 e. The molecule has 0 aliphatic rings. The highest BCUT2D eigenvalue weighted by Gasteiger charge is 2.30. The molecule has 3 rings (SSSR count). The average molecular weight is 359 g/mol. The maximum atomic E-state index is 12.8. The predicted molar refractivity (Wildman–Crippen MR) is 88.7 cm³/mol. The Kier molecular flexibility index (Phi) is 5.02. The zero-order valence-electron chi connectivity index (χ0n) is 11.6. The molecule has 3 aromatic rings. The van der Waals surface area contributed by atoms with E-state index in [1.165, 1.54) is 6.07 Å². The number of aromatic nitrogens is 1. The molecule has 7 heteroatoms. The summed E-state index contributed by atoms with van der Waals surface area (Å²) < 4.78 is 38.3. The van der Waals surface area contributed by atoms with Crippen LogP contribution in [0.1, 0.15) is 5.56 Å². The van der Waals surface area contributed by atoms with Gasteiger partial charge in [-0.05, 0) is 42.5 Å². The molecule has 2 nitrogen and oxygen atoms in total. The minimum atomic E-state index is -4.37. The van der Waals surface area contributed by atoms with Crippen LogP contribution in [0.4, 0.5) is 24.5 Å². The third-order valence-corrected chi connectivity index (χ3v) is 3.41. The number of rotatable bonds is 2. The number of benzene rings is 2. The number of pyridine rings is 1. The third-order valence-electron chi connectivity index (χ3n) is 3.17. The number of hydrogen-bond acceptors (Lipinski definition) is 2. The van der Waals surface area contributed by atoms with Gasteiger partial charge in [0.05, 0.1) is 11.1 Å². The molecule has 0 amide bonds. The largest absolute Gasteiger partial charge is 0.416 e. The van der Waals surface area contributed by atoms with Crippen LogP contribution in [-0.2, 0) is 6.18 Å². The molecule has 0 saturated heterocycles. The molecule has 0 radical (unpaired) electrons. The van der Waals surface area contributed by atoms with Crippen molar-refractivity contribution in [1.29, 1.82) is 0 Å². The predicted octanol–water partition coefficient (Wildman–Crippen LogP) is 6.07. The van der Waals surface area contributed by atoms with Gasteiger partial charge in [0.2, 0.25) is 0 Å². The van der Waals surface area contributed by atoms with Crippen molar-refractivity contribution in [3.63, 3.8) is 0 Å². The van der Waals surface area contributed by atoms with Gasteiger partial charge in [-0.1, -0.05) is 17.7 Å². The second kappa shape index (κ2) is 6.64. The molecular formula is C16H11Cl2F3N2. The molecule has 1 aromatic heterocycles. The first-order valence-electron chi connectivity index (χ1n) is 6.42. The van der Waals surface area contributed by atoms with Gasteiger partial charge >= 0.3 is 6.18 Å². The van der Waals surface area contributed by atoms with Crippen LogP contribution in [-0.4, -0.2) is 4.98 Å². The van der Waals surface area contributed by atoms with E-state index in [1.807, 2.05) is 0 Å². The topological polar surface area (TPSA) is 24.9 Å². The van der Waals surface area contributed by atoms with Crippen molar-refractivity contribution < 1.29 is 13.2 Å². The summed E-state index contributed by atoms with van der Waals surface area (Å²) in [7, 11) is 0. The second-order valence-electron chi connectivity index (χ2n) is 4.72. The molecule has 0 atom stereocenters. The lowest BCUT2D eigenvalue weighted by molar-refractivity contribution is -0.137. The Bertz CT molecular complexity index is 835. The standard InChI is InChI=1S/C16H10ClF3N2.ClH/c17-11-4-5-13-14(6-7-21-15(13)9-11)22-12-3-1-2-10(8-12)16(18,19)20;/h1-9H,(H,21,22);1H. The summed E-state index contributed by atoms with van der Waals surface area (Å²) in [4.78, 5) is 4.20. The molecule has 23 heavy (non-hydrogen) atoms. The van der Waals surface area contributed by atoms with Gasteiger partial charge in [-0.25, -0.2) is 0 Å². The number of nitrogens with zero attached hydrogens (tertiary/aromatic N) is 1. The van der Waals surface area contributed by atoms with Crippen LogP contribution in [0.5, 0.6) is 0 Å². The molecule has 0 unspecified atom stereocenters. The second-order valence-corrected chi connectivity index (χ2v) is 5.16. The van der Waals surface area contributed by atoms with Crippen LogP contribution >= 0.6 is 24.0 Å². The number of fused-ring (bicyclic) bond motifs is 1. The molecule has 2 aromatic carbocycles. The zero-order chi connectivity index (χ0) is 15.7. The molecule has 1 N–H and O–H groups in total. The summed E-state index contributed by atoms with van der Waals surface area (Å²) in [5.74, 6) is 0. The van der Waals surface area contributed by atoms with E-state index >= 15 is 0 Å². The first-order valence-corrected chi connectivity index (χ1v) is 6.80. The Labute approximate surface area is 141 Å². The van der Waals surface area contributed by atoms with Crippen molar-refractivity contribution in [1.82, 2.24) is 4.98 Å².